The summed E-state index contributed by atoms with van der Waals surface area (Å²) < 4.78 is 48.2. The Balaban J connectivity index is 2.07. The zero-order valence-electron chi connectivity index (χ0n) is 14.2. The van der Waals surface area contributed by atoms with E-state index in [-0.39, 0.29) is 17.3 Å². The molecule has 2 rings (SSSR count). The number of carbonyl (C=O) groups is 1. The van der Waals surface area contributed by atoms with Gasteiger partial charge in [0.15, 0.2) is 0 Å². The van der Waals surface area contributed by atoms with Gasteiger partial charge in [-0.25, -0.2) is 0 Å². The monoisotopic (exact) mass is 422 g/mol. The number of carbonyl (C=O) groups excluding carboxylic acids is 1. The fourth-order valence-electron chi connectivity index (χ4n) is 2.16. The Kier molecular flexibility index (Phi) is 6.67. The van der Waals surface area contributed by atoms with E-state index in [9.17, 15) is 18.0 Å². The van der Waals surface area contributed by atoms with Gasteiger partial charge in [0.1, 0.15) is 11.5 Å². The predicted molar refractivity (Wildman–Crippen MR) is 98.1 cm³/mol. The number of amides is 1. The van der Waals surface area contributed by atoms with Gasteiger partial charge in [-0.3, -0.25) is 4.79 Å². The molecule has 10 heteroatoms. The average molecular weight is 423 g/mol. The van der Waals surface area contributed by atoms with Crippen molar-refractivity contribution >= 4 is 40.5 Å². The van der Waals surface area contributed by atoms with Crippen LogP contribution in [0.1, 0.15) is 5.56 Å². The third-order valence-corrected chi connectivity index (χ3v) is 4.09. The third-order valence-electron chi connectivity index (χ3n) is 3.48. The van der Waals surface area contributed by atoms with Crippen LogP contribution in [-0.4, -0.2) is 26.7 Å². The summed E-state index contributed by atoms with van der Waals surface area (Å²) in [4.78, 5) is 12.1. The molecule has 2 aromatic carbocycles. The fraction of sp³-hybridized carbons (Fsp3) is 0.235. The van der Waals surface area contributed by atoms with Crippen LogP contribution in [0, 0.1) is 0 Å². The Bertz CT molecular complexity index is 845. The minimum absolute atomic E-state index is 0.150. The second kappa shape index (κ2) is 8.58. The van der Waals surface area contributed by atoms with E-state index in [1.54, 1.807) is 0 Å². The molecule has 0 unspecified atom stereocenters. The van der Waals surface area contributed by atoms with E-state index in [0.717, 1.165) is 18.2 Å². The minimum Gasteiger partial charge on any atom is -0.495 e. The summed E-state index contributed by atoms with van der Waals surface area (Å²) >= 11 is 11.8. The lowest BCUT2D eigenvalue weighted by Crippen LogP contribution is -2.22. The summed E-state index contributed by atoms with van der Waals surface area (Å²) in [7, 11) is 2.83. The number of halogens is 5. The quantitative estimate of drug-likeness (QED) is 0.681. The highest BCUT2D eigenvalue weighted by atomic mass is 35.5. The zero-order chi connectivity index (χ0) is 20.2. The molecule has 146 valence electrons. The van der Waals surface area contributed by atoms with E-state index in [0.29, 0.717) is 22.2 Å². The van der Waals surface area contributed by atoms with Gasteiger partial charge in [0.2, 0.25) is 5.91 Å². The SMILES string of the molecule is COc1cc(NC(=O)CNc2ccc(C(F)(F)F)cc2Cl)c(OC)cc1Cl. The molecule has 0 aliphatic heterocycles. The van der Waals surface area contributed by atoms with Gasteiger partial charge < -0.3 is 20.1 Å². The van der Waals surface area contributed by atoms with Crippen LogP contribution >= 0.6 is 23.2 Å². The summed E-state index contributed by atoms with van der Waals surface area (Å²) in [6, 6.07) is 5.79. The van der Waals surface area contributed by atoms with Crippen molar-refractivity contribution in [2.24, 2.45) is 0 Å². The molecule has 0 fully saturated rings. The molecule has 2 aromatic rings. The molecule has 2 N–H and O–H groups in total. The molecule has 0 aliphatic rings. The molecule has 0 saturated heterocycles. The topological polar surface area (TPSA) is 59.6 Å². The van der Waals surface area contributed by atoms with Gasteiger partial charge >= 0.3 is 6.18 Å². The van der Waals surface area contributed by atoms with E-state index in [4.69, 9.17) is 32.7 Å². The molecule has 0 heterocycles. The first-order valence-corrected chi connectivity index (χ1v) is 8.23. The molecule has 0 aromatic heterocycles. The largest absolute Gasteiger partial charge is 0.495 e. The van der Waals surface area contributed by atoms with Gasteiger partial charge in [-0.15, -0.1) is 0 Å². The standard InChI is InChI=1S/C17H15Cl2F3N2O3/c1-26-14-7-13(15(27-2)6-11(14)19)24-16(25)8-23-12-4-3-9(5-10(12)18)17(20,21)22/h3-7,23H,8H2,1-2H3,(H,24,25). The van der Waals surface area contributed by atoms with Crippen LogP contribution < -0.4 is 20.1 Å². The zero-order valence-corrected chi connectivity index (χ0v) is 15.7. The lowest BCUT2D eigenvalue weighted by atomic mass is 10.2. The van der Waals surface area contributed by atoms with Crippen LogP contribution in [-0.2, 0) is 11.0 Å². The molecule has 5 nitrogen and oxygen atoms in total. The van der Waals surface area contributed by atoms with Crippen molar-refractivity contribution in [2.45, 2.75) is 6.18 Å². The van der Waals surface area contributed by atoms with Crippen LogP contribution in [0.2, 0.25) is 10.0 Å². The number of methoxy groups -OCH3 is 2. The number of rotatable bonds is 6. The molecular weight excluding hydrogens is 408 g/mol. The molecular formula is C17H15Cl2F3N2O3. The maximum Gasteiger partial charge on any atom is 0.416 e. The van der Waals surface area contributed by atoms with Crippen molar-refractivity contribution in [2.75, 3.05) is 31.4 Å². The van der Waals surface area contributed by atoms with Crippen LogP contribution in [0.3, 0.4) is 0 Å². The summed E-state index contributed by atoms with van der Waals surface area (Å²) in [5, 5.41) is 5.44. The molecule has 0 atom stereocenters. The number of ether oxygens (including phenoxy) is 2. The molecule has 27 heavy (non-hydrogen) atoms. The summed E-state index contributed by atoms with van der Waals surface area (Å²) in [5.41, 5.74) is -0.356. The smallest absolute Gasteiger partial charge is 0.416 e. The Labute approximate surface area is 163 Å². The Morgan fingerprint density at radius 2 is 1.67 bits per heavy atom. The first kappa shape index (κ1) is 21.0. The third kappa shape index (κ3) is 5.33. The van der Waals surface area contributed by atoms with E-state index in [1.807, 2.05) is 0 Å². The van der Waals surface area contributed by atoms with E-state index in [2.05, 4.69) is 10.6 Å². The highest BCUT2D eigenvalue weighted by molar-refractivity contribution is 6.33. The second-order valence-electron chi connectivity index (χ2n) is 5.28. The highest BCUT2D eigenvalue weighted by Crippen LogP contribution is 2.36. The maximum atomic E-state index is 12.6. The maximum absolute atomic E-state index is 12.6. The Morgan fingerprint density at radius 1 is 1.00 bits per heavy atom. The van der Waals surface area contributed by atoms with Crippen LogP contribution in [0.25, 0.3) is 0 Å². The molecule has 0 spiro atoms. The van der Waals surface area contributed by atoms with Crippen LogP contribution in [0.5, 0.6) is 11.5 Å². The van der Waals surface area contributed by atoms with Crippen molar-refractivity contribution < 1.29 is 27.4 Å². The average Bonchev–Trinajstić information content (AvgIpc) is 2.60. The fourth-order valence-corrected chi connectivity index (χ4v) is 2.64. The number of benzene rings is 2. The second-order valence-corrected chi connectivity index (χ2v) is 6.10. The number of alkyl halides is 3. The number of anilines is 2. The van der Waals surface area contributed by atoms with Crippen molar-refractivity contribution in [1.29, 1.82) is 0 Å². The summed E-state index contributed by atoms with van der Waals surface area (Å²) in [6.45, 7) is -0.237. The summed E-state index contributed by atoms with van der Waals surface area (Å²) in [5.74, 6) is 0.182. The van der Waals surface area contributed by atoms with Gasteiger partial charge in [-0.2, -0.15) is 13.2 Å². The number of nitrogens with one attached hydrogen (secondary N) is 2. The van der Waals surface area contributed by atoms with Gasteiger partial charge in [0.05, 0.1) is 47.7 Å². The number of hydrogen-bond acceptors (Lipinski definition) is 4. The lowest BCUT2D eigenvalue weighted by molar-refractivity contribution is -0.137. The van der Waals surface area contributed by atoms with E-state index in [1.165, 1.54) is 26.4 Å². The van der Waals surface area contributed by atoms with Gasteiger partial charge in [0, 0.05) is 12.1 Å². The van der Waals surface area contributed by atoms with Crippen LogP contribution in [0.4, 0.5) is 24.5 Å². The first-order valence-electron chi connectivity index (χ1n) is 7.47. The summed E-state index contributed by atoms with van der Waals surface area (Å²) in [6.07, 6.45) is -4.50. The van der Waals surface area contributed by atoms with Crippen molar-refractivity contribution in [1.82, 2.24) is 0 Å². The molecule has 0 bridgehead atoms. The Hall–Kier alpha value is -2.32. The minimum atomic E-state index is -4.50. The molecule has 0 saturated carbocycles. The molecule has 1 amide bonds. The Morgan fingerprint density at radius 3 is 2.22 bits per heavy atom. The van der Waals surface area contributed by atoms with Gasteiger partial charge in [0.25, 0.3) is 0 Å². The van der Waals surface area contributed by atoms with E-state index >= 15 is 0 Å². The normalized spacial score (nSPS) is 11.1. The lowest BCUT2D eigenvalue weighted by Gasteiger charge is -2.14. The van der Waals surface area contributed by atoms with Crippen molar-refractivity contribution in [3.63, 3.8) is 0 Å². The predicted octanol–water partition coefficient (Wildman–Crippen LogP) is 5.08. The van der Waals surface area contributed by atoms with E-state index < -0.39 is 17.6 Å². The highest BCUT2D eigenvalue weighted by Gasteiger charge is 2.30. The molecule has 0 aliphatic carbocycles. The van der Waals surface area contributed by atoms with Crippen molar-refractivity contribution in [3.8, 4) is 11.5 Å². The molecule has 0 radical (unpaired) electrons. The van der Waals surface area contributed by atoms with Crippen molar-refractivity contribution in [3.05, 3.63) is 45.9 Å². The van der Waals surface area contributed by atoms with Crippen LogP contribution in [0.15, 0.2) is 30.3 Å². The number of hydrogen-bond donors (Lipinski definition) is 2. The van der Waals surface area contributed by atoms with Gasteiger partial charge in [-0.05, 0) is 18.2 Å². The first-order chi connectivity index (χ1) is 12.7. The van der Waals surface area contributed by atoms with Gasteiger partial charge in [-0.1, -0.05) is 23.2 Å².